The number of hydrogen-bond donors (Lipinski definition) is 1. The Kier molecular flexibility index (Phi) is 4.35. The van der Waals surface area contributed by atoms with E-state index in [0.29, 0.717) is 49.5 Å². The molecule has 10 nitrogen and oxygen atoms in total. The molecule has 0 atom stereocenters. The number of ether oxygens (including phenoxy) is 1. The number of halogens is 1. The zero-order valence-electron chi connectivity index (χ0n) is 13.8. The van der Waals surface area contributed by atoms with Crippen molar-refractivity contribution in [2.24, 2.45) is 0 Å². The topological polar surface area (TPSA) is 121 Å². The second-order valence-electron chi connectivity index (χ2n) is 5.66. The Morgan fingerprint density at radius 3 is 2.62 bits per heavy atom. The van der Waals surface area contributed by atoms with E-state index in [-0.39, 0.29) is 18.3 Å². The summed E-state index contributed by atoms with van der Waals surface area (Å²) in [5.41, 5.74) is 6.48. The maximum atomic E-state index is 13.0. The Morgan fingerprint density at radius 2 is 1.85 bits per heavy atom. The molecule has 2 N–H and O–H groups in total. The molecule has 0 saturated carbocycles. The molecule has 26 heavy (non-hydrogen) atoms. The number of morpholine rings is 1. The fourth-order valence-corrected chi connectivity index (χ4v) is 2.55. The van der Waals surface area contributed by atoms with Gasteiger partial charge in [0.2, 0.25) is 17.7 Å². The van der Waals surface area contributed by atoms with Crippen molar-refractivity contribution in [3.63, 3.8) is 0 Å². The van der Waals surface area contributed by atoms with Gasteiger partial charge in [-0.2, -0.15) is 19.7 Å². The molecule has 1 aromatic carbocycles. The summed E-state index contributed by atoms with van der Waals surface area (Å²) in [6, 6.07) is 5.87. The predicted molar refractivity (Wildman–Crippen MR) is 89.6 cm³/mol. The molecule has 11 heteroatoms. The fraction of sp³-hybridized carbons (Fsp3) is 0.333. The lowest BCUT2D eigenvalue weighted by atomic mass is 10.2. The Balaban J connectivity index is 1.54. The highest BCUT2D eigenvalue weighted by Gasteiger charge is 2.16. The number of hydrogen-bond acceptors (Lipinski definition) is 9. The fourth-order valence-electron chi connectivity index (χ4n) is 2.55. The Bertz CT molecular complexity index is 892. The third-order valence-corrected chi connectivity index (χ3v) is 3.82. The van der Waals surface area contributed by atoms with Crippen LogP contribution in [0.15, 0.2) is 24.3 Å². The lowest BCUT2D eigenvalue weighted by molar-refractivity contribution is 0.122. The standard InChI is InChI=1S/C15H16FN9O/c16-11-3-1-10(2-4-11)13-21-23-25(22-13)9-12-18-14(17)20-15(19-12)24-5-7-26-8-6-24/h1-4H,5-9H2,(H2,17,18,19,20). The summed E-state index contributed by atoms with van der Waals surface area (Å²) in [6.07, 6.45) is 0. The van der Waals surface area contributed by atoms with Gasteiger partial charge in [0.25, 0.3) is 0 Å². The van der Waals surface area contributed by atoms with Gasteiger partial charge < -0.3 is 15.4 Å². The first-order valence-electron chi connectivity index (χ1n) is 8.04. The van der Waals surface area contributed by atoms with E-state index in [9.17, 15) is 4.39 Å². The van der Waals surface area contributed by atoms with Gasteiger partial charge in [0.15, 0.2) is 5.82 Å². The van der Waals surface area contributed by atoms with E-state index >= 15 is 0 Å². The van der Waals surface area contributed by atoms with Gasteiger partial charge in [-0.25, -0.2) is 4.39 Å². The van der Waals surface area contributed by atoms with Crippen LogP contribution in [-0.2, 0) is 11.3 Å². The van der Waals surface area contributed by atoms with E-state index in [1.54, 1.807) is 12.1 Å². The van der Waals surface area contributed by atoms with Gasteiger partial charge in [0, 0.05) is 18.7 Å². The summed E-state index contributed by atoms with van der Waals surface area (Å²) < 4.78 is 18.3. The van der Waals surface area contributed by atoms with Crippen molar-refractivity contribution < 1.29 is 9.13 Å². The first-order valence-corrected chi connectivity index (χ1v) is 8.04. The number of nitrogens with two attached hydrogens (primary N) is 1. The summed E-state index contributed by atoms with van der Waals surface area (Å²) in [7, 11) is 0. The predicted octanol–water partition coefficient (Wildman–Crippen LogP) is 0.131. The van der Waals surface area contributed by atoms with Gasteiger partial charge in [-0.15, -0.1) is 10.2 Å². The van der Waals surface area contributed by atoms with Gasteiger partial charge in [-0.1, -0.05) is 0 Å². The zero-order chi connectivity index (χ0) is 17.9. The molecule has 1 aliphatic heterocycles. The van der Waals surface area contributed by atoms with E-state index in [1.807, 2.05) is 4.90 Å². The van der Waals surface area contributed by atoms with Crippen molar-refractivity contribution in [3.8, 4) is 11.4 Å². The van der Waals surface area contributed by atoms with Crippen LogP contribution in [0.5, 0.6) is 0 Å². The number of benzene rings is 1. The monoisotopic (exact) mass is 357 g/mol. The molecule has 2 aromatic heterocycles. The number of nitrogens with zero attached hydrogens (tertiary/aromatic N) is 8. The largest absolute Gasteiger partial charge is 0.378 e. The molecule has 0 unspecified atom stereocenters. The van der Waals surface area contributed by atoms with Crippen LogP contribution in [0.4, 0.5) is 16.3 Å². The van der Waals surface area contributed by atoms with Crippen molar-refractivity contribution in [2.75, 3.05) is 36.9 Å². The van der Waals surface area contributed by atoms with Crippen LogP contribution in [0.2, 0.25) is 0 Å². The molecule has 0 radical (unpaired) electrons. The summed E-state index contributed by atoms with van der Waals surface area (Å²) >= 11 is 0. The van der Waals surface area contributed by atoms with Crippen molar-refractivity contribution >= 4 is 11.9 Å². The summed E-state index contributed by atoms with van der Waals surface area (Å²) in [5.74, 6) is 1.14. The Labute approximate surface area is 147 Å². The Morgan fingerprint density at radius 1 is 1.08 bits per heavy atom. The van der Waals surface area contributed by atoms with Crippen molar-refractivity contribution in [3.05, 3.63) is 35.9 Å². The maximum Gasteiger partial charge on any atom is 0.230 e. The number of aromatic nitrogens is 7. The minimum atomic E-state index is -0.322. The summed E-state index contributed by atoms with van der Waals surface area (Å²) in [6.45, 7) is 2.82. The highest BCUT2D eigenvalue weighted by atomic mass is 19.1. The minimum Gasteiger partial charge on any atom is -0.378 e. The average Bonchev–Trinajstić information content (AvgIpc) is 3.11. The molecule has 0 bridgehead atoms. The van der Waals surface area contributed by atoms with Gasteiger partial charge in [0.1, 0.15) is 12.4 Å². The van der Waals surface area contributed by atoms with E-state index in [1.165, 1.54) is 16.9 Å². The highest BCUT2D eigenvalue weighted by molar-refractivity contribution is 5.53. The second-order valence-corrected chi connectivity index (χ2v) is 5.66. The molecule has 3 heterocycles. The van der Waals surface area contributed by atoms with Crippen molar-refractivity contribution in [1.82, 2.24) is 35.2 Å². The molecular formula is C15H16FN9O. The van der Waals surface area contributed by atoms with Gasteiger partial charge in [-0.05, 0) is 29.5 Å². The molecule has 4 rings (SSSR count). The highest BCUT2D eigenvalue weighted by Crippen LogP contribution is 2.15. The van der Waals surface area contributed by atoms with E-state index in [4.69, 9.17) is 10.5 Å². The van der Waals surface area contributed by atoms with Crippen LogP contribution < -0.4 is 10.6 Å². The molecule has 1 aliphatic rings. The van der Waals surface area contributed by atoms with Crippen molar-refractivity contribution in [1.29, 1.82) is 0 Å². The van der Waals surface area contributed by atoms with E-state index in [0.717, 1.165) is 0 Å². The quantitative estimate of drug-likeness (QED) is 0.694. The molecule has 0 amide bonds. The normalized spacial score (nSPS) is 14.6. The lowest BCUT2D eigenvalue weighted by Crippen LogP contribution is -2.37. The molecule has 0 aliphatic carbocycles. The van der Waals surface area contributed by atoms with Crippen molar-refractivity contribution in [2.45, 2.75) is 6.54 Å². The lowest BCUT2D eigenvalue weighted by Gasteiger charge is -2.26. The summed E-state index contributed by atoms with van der Waals surface area (Å²) in [4.78, 5) is 16.1. The smallest absolute Gasteiger partial charge is 0.230 e. The second kappa shape index (κ2) is 6.96. The van der Waals surface area contributed by atoms with Gasteiger partial charge >= 0.3 is 0 Å². The first kappa shape index (κ1) is 16.3. The number of nitrogen functional groups attached to an aromatic ring is 1. The van der Waals surface area contributed by atoms with Crippen LogP contribution in [0, 0.1) is 5.82 Å². The number of anilines is 2. The molecule has 134 valence electrons. The first-order chi connectivity index (χ1) is 12.7. The third kappa shape index (κ3) is 3.57. The van der Waals surface area contributed by atoms with Gasteiger partial charge in [0.05, 0.1) is 13.2 Å². The Hall–Kier alpha value is -3.21. The summed E-state index contributed by atoms with van der Waals surface area (Å²) in [5, 5.41) is 12.2. The molecule has 1 saturated heterocycles. The van der Waals surface area contributed by atoms with Crippen LogP contribution in [0.3, 0.4) is 0 Å². The number of rotatable bonds is 4. The van der Waals surface area contributed by atoms with Crippen LogP contribution in [0.25, 0.3) is 11.4 Å². The SMILES string of the molecule is Nc1nc(Cn2nnc(-c3ccc(F)cc3)n2)nc(N2CCOCC2)n1. The maximum absolute atomic E-state index is 13.0. The van der Waals surface area contributed by atoms with Crippen LogP contribution in [-0.4, -0.2) is 61.5 Å². The zero-order valence-corrected chi connectivity index (χ0v) is 13.8. The molecular weight excluding hydrogens is 341 g/mol. The van der Waals surface area contributed by atoms with Crippen LogP contribution >= 0.6 is 0 Å². The number of tetrazole rings is 1. The van der Waals surface area contributed by atoms with Gasteiger partial charge in [-0.3, -0.25) is 0 Å². The molecule has 1 fully saturated rings. The minimum absolute atomic E-state index is 0.135. The van der Waals surface area contributed by atoms with E-state index in [2.05, 4.69) is 30.4 Å². The average molecular weight is 357 g/mol. The molecule has 0 spiro atoms. The molecule has 3 aromatic rings. The van der Waals surface area contributed by atoms with E-state index < -0.39 is 0 Å². The third-order valence-electron chi connectivity index (χ3n) is 3.82. The van der Waals surface area contributed by atoms with Crippen LogP contribution in [0.1, 0.15) is 5.82 Å².